The van der Waals surface area contributed by atoms with E-state index in [0.717, 1.165) is 5.56 Å². The molecule has 0 saturated carbocycles. The summed E-state index contributed by atoms with van der Waals surface area (Å²) in [5.74, 6) is 0.688. The molecule has 7 nitrogen and oxygen atoms in total. The number of β-amino-alcohol motifs (C(OH)–C–C–N with tert-alkyl or cyclic N) is 1. The van der Waals surface area contributed by atoms with E-state index in [2.05, 4.69) is 0 Å². The van der Waals surface area contributed by atoms with E-state index in [9.17, 15) is 18.3 Å². The highest BCUT2D eigenvalue weighted by atomic mass is 32.2. The highest BCUT2D eigenvalue weighted by Crippen LogP contribution is 2.27. The molecule has 2 heterocycles. The summed E-state index contributed by atoms with van der Waals surface area (Å²) < 4.78 is 29.4. The molecule has 1 amide bonds. The first-order valence-corrected chi connectivity index (χ1v) is 10.2. The van der Waals surface area contributed by atoms with Crippen LogP contribution in [0.5, 0.6) is 5.75 Å². The minimum atomic E-state index is -3.17. The van der Waals surface area contributed by atoms with Crippen LogP contribution in [0.15, 0.2) is 24.3 Å². The predicted octanol–water partition coefficient (Wildman–Crippen LogP) is -0.460. The maximum atomic E-state index is 12.8. The van der Waals surface area contributed by atoms with Crippen LogP contribution in [-0.4, -0.2) is 86.2 Å². The van der Waals surface area contributed by atoms with E-state index in [-0.39, 0.29) is 42.5 Å². The number of nitrogens with zero attached hydrogens (tertiary/aromatic N) is 2. The summed E-state index contributed by atoms with van der Waals surface area (Å²) in [5, 5.41) is 9.20. The Bertz CT molecular complexity index is 736. The monoisotopic (exact) mass is 368 g/mol. The maximum Gasteiger partial charge on any atom is 0.227 e. The number of ether oxygens (including phenoxy) is 1. The summed E-state index contributed by atoms with van der Waals surface area (Å²) in [5.41, 5.74) is 0.847. The second-order valence-corrected chi connectivity index (χ2v) is 8.74. The van der Waals surface area contributed by atoms with Gasteiger partial charge in [-0.1, -0.05) is 12.1 Å². The van der Waals surface area contributed by atoms with Gasteiger partial charge in [-0.2, -0.15) is 0 Å². The number of hydrogen-bond acceptors (Lipinski definition) is 6. The van der Waals surface area contributed by atoms with Gasteiger partial charge in [0.15, 0.2) is 9.84 Å². The van der Waals surface area contributed by atoms with Crippen LogP contribution in [-0.2, 0) is 21.1 Å². The Hall–Kier alpha value is -1.64. The average Bonchev–Trinajstić information content (AvgIpc) is 2.90. The zero-order valence-electron chi connectivity index (χ0n) is 14.3. The number of carbonyl (C=O) groups is 1. The molecule has 0 aliphatic carbocycles. The normalized spacial score (nSPS) is 25.6. The van der Waals surface area contributed by atoms with E-state index in [4.69, 9.17) is 4.74 Å². The lowest BCUT2D eigenvalue weighted by atomic mass is 10.0. The first-order valence-electron chi connectivity index (χ1n) is 8.41. The summed E-state index contributed by atoms with van der Waals surface area (Å²) >= 11 is 0. The highest BCUT2D eigenvalue weighted by molar-refractivity contribution is 7.91. The highest BCUT2D eigenvalue weighted by Gasteiger charge is 2.47. The minimum absolute atomic E-state index is 0.00342. The Labute approximate surface area is 148 Å². The number of aliphatic hydroxyl groups is 1. The number of fused-ring (bicyclic) bond motifs is 1. The van der Waals surface area contributed by atoms with Crippen molar-refractivity contribution < 1.29 is 23.1 Å². The molecule has 0 radical (unpaired) electrons. The molecular weight excluding hydrogens is 344 g/mol. The molecule has 1 aromatic carbocycles. The third-order valence-corrected chi connectivity index (χ3v) is 6.69. The number of hydrogen-bond donors (Lipinski definition) is 1. The van der Waals surface area contributed by atoms with Gasteiger partial charge in [0, 0.05) is 25.7 Å². The molecule has 25 heavy (non-hydrogen) atoms. The van der Waals surface area contributed by atoms with Crippen molar-refractivity contribution in [3.05, 3.63) is 29.8 Å². The van der Waals surface area contributed by atoms with Gasteiger partial charge in [0.25, 0.3) is 0 Å². The van der Waals surface area contributed by atoms with Crippen LogP contribution in [0.4, 0.5) is 0 Å². The van der Waals surface area contributed by atoms with Crippen molar-refractivity contribution in [2.75, 3.05) is 44.9 Å². The van der Waals surface area contributed by atoms with Gasteiger partial charge >= 0.3 is 0 Å². The molecule has 0 spiro atoms. The molecule has 8 heteroatoms. The van der Waals surface area contributed by atoms with Crippen molar-refractivity contribution in [1.29, 1.82) is 0 Å². The summed E-state index contributed by atoms with van der Waals surface area (Å²) in [6.07, 6.45) is 0.223. The van der Waals surface area contributed by atoms with Crippen LogP contribution >= 0.6 is 0 Å². The van der Waals surface area contributed by atoms with Crippen molar-refractivity contribution >= 4 is 15.7 Å². The summed E-state index contributed by atoms with van der Waals surface area (Å²) in [6.45, 7) is 1.50. The van der Waals surface area contributed by atoms with Gasteiger partial charge in [0.2, 0.25) is 5.91 Å². The molecule has 0 unspecified atom stereocenters. The molecule has 138 valence electrons. The summed E-state index contributed by atoms with van der Waals surface area (Å²) in [7, 11) is -1.59. The zero-order valence-corrected chi connectivity index (χ0v) is 15.1. The molecule has 1 aromatic rings. The van der Waals surface area contributed by atoms with Crippen molar-refractivity contribution in [2.24, 2.45) is 0 Å². The number of aliphatic hydroxyl groups excluding tert-OH is 1. The smallest absolute Gasteiger partial charge is 0.227 e. The quantitative estimate of drug-likeness (QED) is 0.757. The van der Waals surface area contributed by atoms with Gasteiger partial charge in [0.1, 0.15) is 5.75 Å². The number of amides is 1. The fraction of sp³-hybridized carbons (Fsp3) is 0.588. The van der Waals surface area contributed by atoms with E-state index >= 15 is 0 Å². The van der Waals surface area contributed by atoms with Crippen molar-refractivity contribution in [2.45, 2.75) is 18.5 Å². The lowest BCUT2D eigenvalue weighted by molar-refractivity contribution is -0.136. The molecule has 1 N–H and O–H groups in total. The van der Waals surface area contributed by atoms with Gasteiger partial charge in [-0.15, -0.1) is 0 Å². The number of rotatable bonds is 5. The number of methoxy groups -OCH3 is 1. The Morgan fingerprint density at radius 2 is 2.04 bits per heavy atom. The van der Waals surface area contributed by atoms with E-state index in [0.29, 0.717) is 25.4 Å². The third-order valence-electron chi connectivity index (χ3n) is 4.99. The number of benzene rings is 1. The molecule has 0 bridgehead atoms. The standard InChI is InChI=1S/C17H24N2O5S/c1-24-14-4-2-3-13(9-14)10-17(21)19-6-5-18(7-8-20)15-11-25(22,23)12-16(15)19/h2-4,9,15-16,20H,5-8,10-12H2,1H3/t15-,16+/m1/s1. The Morgan fingerprint density at radius 1 is 1.28 bits per heavy atom. The van der Waals surface area contributed by atoms with Gasteiger partial charge in [-0.05, 0) is 17.7 Å². The molecule has 3 rings (SSSR count). The van der Waals surface area contributed by atoms with E-state index in [1.165, 1.54) is 0 Å². The third kappa shape index (κ3) is 3.96. The minimum Gasteiger partial charge on any atom is -0.497 e. The topological polar surface area (TPSA) is 87.2 Å². The number of carbonyl (C=O) groups excluding carboxylic acids is 1. The van der Waals surface area contributed by atoms with Crippen LogP contribution in [0.2, 0.25) is 0 Å². The van der Waals surface area contributed by atoms with E-state index < -0.39 is 9.84 Å². The van der Waals surface area contributed by atoms with Crippen LogP contribution < -0.4 is 4.74 Å². The Kier molecular flexibility index (Phi) is 5.31. The van der Waals surface area contributed by atoms with Crippen molar-refractivity contribution in [3.63, 3.8) is 0 Å². The van der Waals surface area contributed by atoms with Crippen LogP contribution in [0, 0.1) is 0 Å². The van der Waals surface area contributed by atoms with E-state index in [1.54, 1.807) is 12.0 Å². The Balaban J connectivity index is 1.76. The van der Waals surface area contributed by atoms with Crippen LogP contribution in [0.1, 0.15) is 5.56 Å². The fourth-order valence-electron chi connectivity index (χ4n) is 3.80. The van der Waals surface area contributed by atoms with Gasteiger partial charge < -0.3 is 14.7 Å². The van der Waals surface area contributed by atoms with Crippen molar-refractivity contribution in [3.8, 4) is 5.75 Å². The van der Waals surface area contributed by atoms with E-state index in [1.807, 2.05) is 29.2 Å². The zero-order chi connectivity index (χ0) is 18.0. The Morgan fingerprint density at radius 3 is 2.76 bits per heavy atom. The first-order chi connectivity index (χ1) is 11.9. The van der Waals surface area contributed by atoms with Crippen LogP contribution in [0.3, 0.4) is 0 Å². The lowest BCUT2D eigenvalue weighted by Gasteiger charge is -2.43. The molecule has 2 atom stereocenters. The van der Waals surface area contributed by atoms with Gasteiger partial charge in [-0.3, -0.25) is 9.69 Å². The summed E-state index contributed by atoms with van der Waals surface area (Å²) in [6, 6.07) is 6.79. The second kappa shape index (κ2) is 7.31. The number of piperazine rings is 1. The SMILES string of the molecule is COc1cccc(CC(=O)N2CCN(CCO)[C@@H]3CS(=O)(=O)C[C@@H]32)c1. The maximum absolute atomic E-state index is 12.8. The summed E-state index contributed by atoms with van der Waals surface area (Å²) in [4.78, 5) is 16.5. The fourth-order valence-corrected chi connectivity index (χ4v) is 5.81. The van der Waals surface area contributed by atoms with Crippen molar-refractivity contribution in [1.82, 2.24) is 9.80 Å². The van der Waals surface area contributed by atoms with Gasteiger partial charge in [-0.25, -0.2) is 8.42 Å². The molecule has 0 aromatic heterocycles. The molecule has 2 fully saturated rings. The lowest BCUT2D eigenvalue weighted by Crippen LogP contribution is -2.61. The number of sulfone groups is 1. The molecule has 2 aliphatic rings. The molecule has 2 saturated heterocycles. The molecular formula is C17H24N2O5S. The average molecular weight is 368 g/mol. The van der Waals surface area contributed by atoms with Gasteiger partial charge in [0.05, 0.1) is 37.7 Å². The predicted molar refractivity (Wildman–Crippen MR) is 93.3 cm³/mol. The largest absolute Gasteiger partial charge is 0.497 e. The molecule has 2 aliphatic heterocycles. The van der Waals surface area contributed by atoms with Crippen LogP contribution in [0.25, 0.3) is 0 Å². The first kappa shape index (κ1) is 18.2. The second-order valence-electron chi connectivity index (χ2n) is 6.59.